The lowest BCUT2D eigenvalue weighted by atomic mass is 10.2. The molecule has 10 heteroatoms. The van der Waals surface area contributed by atoms with E-state index in [1.807, 2.05) is 0 Å². The zero-order valence-corrected chi connectivity index (χ0v) is 16.2. The van der Waals surface area contributed by atoms with Crippen LogP contribution >= 0.6 is 0 Å². The van der Waals surface area contributed by atoms with Gasteiger partial charge in [-0.25, -0.2) is 21.1 Å². The number of sulfonamides is 1. The lowest BCUT2D eigenvalue weighted by molar-refractivity contribution is 0.519. The smallest absolute Gasteiger partial charge is 0.242 e. The molecule has 1 saturated heterocycles. The van der Waals surface area contributed by atoms with Crippen LogP contribution in [0.4, 0.5) is 0 Å². The van der Waals surface area contributed by atoms with Crippen molar-refractivity contribution in [2.45, 2.75) is 23.9 Å². The fourth-order valence-corrected chi connectivity index (χ4v) is 5.36. The van der Waals surface area contributed by atoms with Gasteiger partial charge in [-0.05, 0) is 18.1 Å². The maximum atomic E-state index is 12.4. The molecule has 25 heavy (non-hydrogen) atoms. The summed E-state index contributed by atoms with van der Waals surface area (Å²) in [7, 11) is -1.97. The number of hydrogen-bond acceptors (Lipinski definition) is 5. The predicted molar refractivity (Wildman–Crippen MR) is 97.7 cm³/mol. The molecule has 0 radical (unpaired) electrons. The van der Waals surface area contributed by atoms with Gasteiger partial charge in [0.2, 0.25) is 10.0 Å². The molecule has 0 amide bonds. The van der Waals surface area contributed by atoms with Gasteiger partial charge in [0.25, 0.3) is 0 Å². The molecule has 1 atom stereocenters. The molecular formula is C15H24N4O4S2. The van der Waals surface area contributed by atoms with Crippen molar-refractivity contribution in [2.75, 3.05) is 32.6 Å². The van der Waals surface area contributed by atoms with Crippen molar-refractivity contribution >= 4 is 25.8 Å². The summed E-state index contributed by atoms with van der Waals surface area (Å²) in [4.78, 5) is 4.31. The summed E-state index contributed by atoms with van der Waals surface area (Å²) in [5.41, 5.74) is 0.609. The van der Waals surface area contributed by atoms with Crippen molar-refractivity contribution in [2.24, 2.45) is 4.99 Å². The molecule has 0 saturated carbocycles. The molecule has 1 aromatic rings. The lowest BCUT2D eigenvalue weighted by Gasteiger charge is -2.18. The van der Waals surface area contributed by atoms with Crippen LogP contribution in [0.2, 0.25) is 0 Å². The molecule has 1 aliphatic rings. The Kier molecular flexibility index (Phi) is 6.07. The van der Waals surface area contributed by atoms with Gasteiger partial charge in [-0.15, -0.1) is 0 Å². The second-order valence-electron chi connectivity index (χ2n) is 6.07. The van der Waals surface area contributed by atoms with E-state index in [1.165, 1.54) is 18.4 Å². The normalized spacial score (nSPS) is 20.6. The van der Waals surface area contributed by atoms with Crippen LogP contribution in [0.1, 0.15) is 12.0 Å². The molecule has 1 heterocycles. The van der Waals surface area contributed by atoms with Crippen molar-refractivity contribution in [1.82, 2.24) is 14.9 Å². The molecular weight excluding hydrogens is 364 g/mol. The molecule has 140 valence electrons. The van der Waals surface area contributed by atoms with Crippen LogP contribution < -0.4 is 10.6 Å². The second-order valence-corrected chi connectivity index (χ2v) is 10.4. The quantitative estimate of drug-likeness (QED) is 0.534. The number of rotatable bonds is 5. The van der Waals surface area contributed by atoms with Crippen LogP contribution in [0.3, 0.4) is 0 Å². The topological polar surface area (TPSA) is 108 Å². The van der Waals surface area contributed by atoms with Gasteiger partial charge in [-0.1, -0.05) is 18.2 Å². The molecule has 0 aliphatic carbocycles. The zero-order valence-electron chi connectivity index (χ0n) is 14.6. The van der Waals surface area contributed by atoms with Gasteiger partial charge in [0, 0.05) is 33.7 Å². The van der Waals surface area contributed by atoms with Crippen molar-refractivity contribution in [1.29, 1.82) is 0 Å². The van der Waals surface area contributed by atoms with Gasteiger partial charge in [0.1, 0.15) is 0 Å². The molecule has 0 aromatic heterocycles. The number of benzene rings is 1. The monoisotopic (exact) mass is 388 g/mol. The molecule has 2 rings (SSSR count). The molecule has 8 nitrogen and oxygen atoms in total. The summed E-state index contributed by atoms with van der Waals surface area (Å²) < 4.78 is 49.0. The van der Waals surface area contributed by atoms with Gasteiger partial charge in [-0.2, -0.15) is 0 Å². The van der Waals surface area contributed by atoms with E-state index in [1.54, 1.807) is 31.3 Å². The van der Waals surface area contributed by atoms with Crippen molar-refractivity contribution < 1.29 is 16.8 Å². The summed E-state index contributed by atoms with van der Waals surface area (Å²) in [6.45, 7) is 0.252. The molecule has 1 fully saturated rings. The third-order valence-corrected chi connectivity index (χ3v) is 7.66. The van der Waals surface area contributed by atoms with Crippen LogP contribution in [0.25, 0.3) is 0 Å². The number of hydrogen-bond donors (Lipinski definition) is 2. The first-order valence-electron chi connectivity index (χ1n) is 7.84. The lowest BCUT2D eigenvalue weighted by Crippen LogP contribution is -2.43. The van der Waals surface area contributed by atoms with E-state index in [2.05, 4.69) is 15.6 Å². The fourth-order valence-electron chi connectivity index (χ4n) is 2.57. The molecule has 1 aromatic carbocycles. The first kappa shape index (κ1) is 19.7. The van der Waals surface area contributed by atoms with E-state index in [0.29, 0.717) is 17.9 Å². The Balaban J connectivity index is 2.08. The van der Waals surface area contributed by atoms with E-state index in [-0.39, 0.29) is 29.0 Å². The van der Waals surface area contributed by atoms with E-state index in [4.69, 9.17) is 0 Å². The Morgan fingerprint density at radius 1 is 1.32 bits per heavy atom. The number of guanidine groups is 1. The Labute approximate surface area is 149 Å². The minimum atomic E-state index is -3.55. The van der Waals surface area contributed by atoms with E-state index >= 15 is 0 Å². The number of sulfone groups is 1. The second kappa shape index (κ2) is 7.71. The minimum Gasteiger partial charge on any atom is -0.353 e. The SMILES string of the molecule is CN=C(NCc1ccccc1S(=O)(=O)N(C)C)NC1CCS(=O)(=O)C1. The highest BCUT2D eigenvalue weighted by Crippen LogP contribution is 2.18. The minimum absolute atomic E-state index is 0.0826. The summed E-state index contributed by atoms with van der Waals surface area (Å²) >= 11 is 0. The average Bonchev–Trinajstić information content (AvgIpc) is 2.90. The molecule has 2 N–H and O–H groups in total. The van der Waals surface area contributed by atoms with Gasteiger partial charge < -0.3 is 10.6 Å². The van der Waals surface area contributed by atoms with Crippen LogP contribution in [0.15, 0.2) is 34.2 Å². The number of nitrogens with zero attached hydrogens (tertiary/aromatic N) is 2. The number of nitrogens with one attached hydrogen (secondary N) is 2. The summed E-state index contributed by atoms with van der Waals surface area (Å²) in [6.07, 6.45) is 0.536. The average molecular weight is 389 g/mol. The summed E-state index contributed by atoms with van der Waals surface area (Å²) in [5.74, 6) is 0.698. The van der Waals surface area contributed by atoms with Gasteiger partial charge in [0.15, 0.2) is 15.8 Å². The largest absolute Gasteiger partial charge is 0.353 e. The van der Waals surface area contributed by atoms with Crippen LogP contribution in [0.5, 0.6) is 0 Å². The summed E-state index contributed by atoms with van der Waals surface area (Å²) in [5, 5.41) is 6.12. The van der Waals surface area contributed by atoms with E-state index < -0.39 is 19.9 Å². The highest BCUT2D eigenvalue weighted by atomic mass is 32.2. The summed E-state index contributed by atoms with van der Waals surface area (Å²) in [6, 6.07) is 6.56. The maximum absolute atomic E-state index is 12.4. The van der Waals surface area contributed by atoms with Gasteiger partial charge in [0.05, 0.1) is 16.4 Å². The molecule has 1 unspecified atom stereocenters. The maximum Gasteiger partial charge on any atom is 0.242 e. The van der Waals surface area contributed by atoms with Crippen LogP contribution in [-0.2, 0) is 26.4 Å². The van der Waals surface area contributed by atoms with Crippen LogP contribution in [-0.4, -0.2) is 65.8 Å². The van der Waals surface area contributed by atoms with Gasteiger partial charge >= 0.3 is 0 Å². The zero-order chi connectivity index (χ0) is 18.7. The molecule has 0 bridgehead atoms. The number of aliphatic imine (C=N–C) groups is 1. The van der Waals surface area contributed by atoms with Gasteiger partial charge in [-0.3, -0.25) is 4.99 Å². The first-order valence-corrected chi connectivity index (χ1v) is 11.1. The van der Waals surface area contributed by atoms with E-state index in [0.717, 1.165) is 0 Å². The van der Waals surface area contributed by atoms with Crippen molar-refractivity contribution in [3.8, 4) is 0 Å². The first-order chi connectivity index (χ1) is 11.7. The highest BCUT2D eigenvalue weighted by Gasteiger charge is 2.28. The highest BCUT2D eigenvalue weighted by molar-refractivity contribution is 7.91. The fraction of sp³-hybridized carbons (Fsp3) is 0.533. The van der Waals surface area contributed by atoms with E-state index in [9.17, 15) is 16.8 Å². The third-order valence-electron chi connectivity index (χ3n) is 3.97. The molecule has 0 spiro atoms. The Hall–Kier alpha value is -1.65. The van der Waals surface area contributed by atoms with Crippen molar-refractivity contribution in [3.63, 3.8) is 0 Å². The molecule has 1 aliphatic heterocycles. The predicted octanol–water partition coefficient (Wildman–Crippen LogP) is -0.211. The standard InChI is InChI=1S/C15H24N4O4S2/c1-16-15(18-13-8-9-24(20,21)11-13)17-10-12-6-4-5-7-14(12)25(22,23)19(2)3/h4-7,13H,8-11H2,1-3H3,(H2,16,17,18). The Bertz CT molecular complexity index is 848. The Morgan fingerprint density at radius 2 is 2.00 bits per heavy atom. The third kappa shape index (κ3) is 4.93. The Morgan fingerprint density at radius 3 is 2.56 bits per heavy atom. The van der Waals surface area contributed by atoms with Crippen LogP contribution in [0, 0.1) is 0 Å². The van der Waals surface area contributed by atoms with Crippen molar-refractivity contribution in [3.05, 3.63) is 29.8 Å².